The van der Waals surface area contributed by atoms with Crippen molar-refractivity contribution in [1.82, 2.24) is 0 Å². The van der Waals surface area contributed by atoms with Crippen molar-refractivity contribution in [1.29, 1.82) is 0 Å². The zero-order valence-electron chi connectivity index (χ0n) is 11.6. The van der Waals surface area contributed by atoms with E-state index >= 15 is 0 Å². The minimum atomic E-state index is -0.288. The van der Waals surface area contributed by atoms with Crippen molar-refractivity contribution in [3.8, 4) is 0 Å². The van der Waals surface area contributed by atoms with Crippen LogP contribution in [0.5, 0.6) is 0 Å². The Morgan fingerprint density at radius 1 is 1.16 bits per heavy atom. The molecule has 0 spiro atoms. The van der Waals surface area contributed by atoms with E-state index in [-0.39, 0.29) is 18.2 Å². The van der Waals surface area contributed by atoms with E-state index in [9.17, 15) is 9.90 Å². The molecule has 3 heteroatoms. The number of rotatable bonds is 0. The topological polar surface area (TPSA) is 46.5 Å². The van der Waals surface area contributed by atoms with Gasteiger partial charge in [0.2, 0.25) is 0 Å². The highest BCUT2D eigenvalue weighted by Crippen LogP contribution is 2.09. The lowest BCUT2D eigenvalue weighted by molar-refractivity contribution is -0.141. The molecule has 0 aromatic carbocycles. The Hall–Kier alpha value is -1.35. The van der Waals surface area contributed by atoms with Gasteiger partial charge in [-0.3, -0.25) is 0 Å². The first-order valence-electron chi connectivity index (χ1n) is 7.05. The summed E-state index contributed by atoms with van der Waals surface area (Å²) in [5, 5.41) is 9.74. The molecule has 2 atom stereocenters. The molecule has 0 aromatic heterocycles. The summed E-state index contributed by atoms with van der Waals surface area (Å²) in [7, 11) is 0. The monoisotopic (exact) mass is 264 g/mol. The molecule has 0 saturated carbocycles. The summed E-state index contributed by atoms with van der Waals surface area (Å²) in [5.41, 5.74) is 0. The quantitative estimate of drug-likeness (QED) is 0.683. The second kappa shape index (κ2) is 9.56. The van der Waals surface area contributed by atoms with Gasteiger partial charge in [-0.05, 0) is 39.0 Å². The molecule has 0 radical (unpaired) electrons. The van der Waals surface area contributed by atoms with Crippen LogP contribution in [0, 0.1) is 0 Å². The van der Waals surface area contributed by atoms with Crippen LogP contribution < -0.4 is 0 Å². The maximum Gasteiger partial charge on any atom is 0.330 e. The highest BCUT2D eigenvalue weighted by molar-refractivity contribution is 5.81. The Balaban J connectivity index is 2.51. The molecule has 0 amide bonds. The van der Waals surface area contributed by atoms with Gasteiger partial charge in [0.25, 0.3) is 0 Å². The summed E-state index contributed by atoms with van der Waals surface area (Å²) < 4.78 is 5.22. The molecule has 0 unspecified atom stereocenters. The molecular formula is C16H24O3. The van der Waals surface area contributed by atoms with Gasteiger partial charge in [0.15, 0.2) is 0 Å². The molecule has 1 N–H and O–H groups in total. The second-order valence-corrected chi connectivity index (χ2v) is 4.90. The van der Waals surface area contributed by atoms with E-state index in [0.717, 1.165) is 32.1 Å². The third-order valence-corrected chi connectivity index (χ3v) is 3.00. The molecule has 0 bridgehead atoms. The van der Waals surface area contributed by atoms with Crippen LogP contribution in [0.3, 0.4) is 0 Å². The number of hydrogen-bond donors (Lipinski definition) is 1. The second-order valence-electron chi connectivity index (χ2n) is 4.90. The van der Waals surface area contributed by atoms with Gasteiger partial charge in [-0.2, -0.15) is 0 Å². The lowest BCUT2D eigenvalue weighted by Gasteiger charge is -2.09. The highest BCUT2D eigenvalue weighted by atomic mass is 16.5. The molecule has 1 aliphatic rings. The first kappa shape index (κ1) is 15.7. The Morgan fingerprint density at radius 3 is 2.79 bits per heavy atom. The molecule has 0 aromatic rings. The van der Waals surface area contributed by atoms with E-state index in [1.807, 2.05) is 31.2 Å². The lowest BCUT2D eigenvalue weighted by atomic mass is 10.1. The molecule has 0 aliphatic carbocycles. The zero-order valence-corrected chi connectivity index (χ0v) is 11.6. The van der Waals surface area contributed by atoms with Gasteiger partial charge in [0, 0.05) is 12.5 Å². The average Bonchev–Trinajstić information content (AvgIpc) is 2.36. The zero-order chi connectivity index (χ0) is 13.9. The number of ether oxygens (including phenoxy) is 1. The molecule has 1 rings (SSSR count). The lowest BCUT2D eigenvalue weighted by Crippen LogP contribution is -2.11. The summed E-state index contributed by atoms with van der Waals surface area (Å²) in [6.07, 6.45) is 15.8. The van der Waals surface area contributed by atoms with E-state index in [1.54, 1.807) is 0 Å². The fraction of sp³-hybridized carbons (Fsp3) is 0.562. The van der Waals surface area contributed by atoms with Crippen molar-refractivity contribution < 1.29 is 14.6 Å². The van der Waals surface area contributed by atoms with Gasteiger partial charge < -0.3 is 9.84 Å². The number of aliphatic hydroxyl groups excluding tert-OH is 1. The molecule has 1 aliphatic heterocycles. The van der Waals surface area contributed by atoms with E-state index in [2.05, 4.69) is 6.08 Å². The molecular weight excluding hydrogens is 240 g/mol. The first-order valence-corrected chi connectivity index (χ1v) is 7.05. The number of allylic oxidation sites excluding steroid dienone is 4. The van der Waals surface area contributed by atoms with Gasteiger partial charge in [0.05, 0.1) is 6.10 Å². The Bertz CT molecular complexity index is 342. The molecule has 1 heterocycles. The minimum Gasteiger partial charge on any atom is -0.459 e. The van der Waals surface area contributed by atoms with E-state index in [1.165, 1.54) is 6.08 Å². The van der Waals surface area contributed by atoms with Crippen molar-refractivity contribution in [2.24, 2.45) is 0 Å². The van der Waals surface area contributed by atoms with E-state index in [0.29, 0.717) is 6.42 Å². The van der Waals surface area contributed by atoms with Crippen molar-refractivity contribution in [2.75, 3.05) is 0 Å². The first-order chi connectivity index (χ1) is 9.18. The largest absolute Gasteiger partial charge is 0.459 e. The number of aliphatic hydroxyl groups is 1. The third-order valence-electron chi connectivity index (χ3n) is 3.00. The average molecular weight is 264 g/mol. The maximum atomic E-state index is 11.5. The minimum absolute atomic E-state index is 0.100. The van der Waals surface area contributed by atoms with Crippen LogP contribution in [0.25, 0.3) is 0 Å². The van der Waals surface area contributed by atoms with Gasteiger partial charge in [-0.1, -0.05) is 30.4 Å². The van der Waals surface area contributed by atoms with Crippen LogP contribution in [0.1, 0.15) is 45.4 Å². The predicted molar refractivity (Wildman–Crippen MR) is 76.7 cm³/mol. The number of esters is 1. The van der Waals surface area contributed by atoms with Crippen LogP contribution >= 0.6 is 0 Å². The highest BCUT2D eigenvalue weighted by Gasteiger charge is 2.05. The van der Waals surface area contributed by atoms with Crippen LogP contribution in [-0.2, 0) is 9.53 Å². The van der Waals surface area contributed by atoms with Crippen molar-refractivity contribution in [3.63, 3.8) is 0 Å². The maximum absolute atomic E-state index is 11.5. The third kappa shape index (κ3) is 8.38. The van der Waals surface area contributed by atoms with E-state index in [4.69, 9.17) is 4.74 Å². The van der Waals surface area contributed by atoms with Crippen molar-refractivity contribution >= 4 is 5.97 Å². The smallest absolute Gasteiger partial charge is 0.330 e. The SMILES string of the molecule is C[C@H]1C/C=C/C=C/CC[C@H](O)CCC/C=C/C(=O)O1. The number of cyclic esters (lactones) is 1. The fourth-order valence-corrected chi connectivity index (χ4v) is 1.89. The predicted octanol–water partition coefficient (Wildman–Crippen LogP) is 3.30. The fourth-order valence-electron chi connectivity index (χ4n) is 1.89. The number of carbonyl (C=O) groups is 1. The Labute approximate surface area is 115 Å². The van der Waals surface area contributed by atoms with Crippen LogP contribution in [-0.4, -0.2) is 23.3 Å². The molecule has 106 valence electrons. The van der Waals surface area contributed by atoms with Crippen molar-refractivity contribution in [2.45, 2.75) is 57.7 Å². The summed E-state index contributed by atoms with van der Waals surface area (Å²) in [6, 6.07) is 0. The molecule has 19 heavy (non-hydrogen) atoms. The normalized spacial score (nSPS) is 32.2. The molecule has 3 nitrogen and oxygen atoms in total. The number of carbonyl (C=O) groups excluding carboxylic acids is 1. The number of hydrogen-bond acceptors (Lipinski definition) is 3. The standard InChI is InChI=1S/C16H24O3/c1-14-10-6-3-2-4-7-11-15(17)12-8-5-9-13-16(18)19-14/h2-4,6,9,13-15,17H,5,7-8,10-12H2,1H3/b4-2+,6-3+,13-9+/t14-,15-/m0/s1. The van der Waals surface area contributed by atoms with Crippen LogP contribution in [0.2, 0.25) is 0 Å². The molecule has 0 saturated heterocycles. The van der Waals surface area contributed by atoms with Gasteiger partial charge in [0.1, 0.15) is 6.10 Å². The Kier molecular flexibility index (Phi) is 7.91. The van der Waals surface area contributed by atoms with Gasteiger partial charge in [-0.25, -0.2) is 4.79 Å². The van der Waals surface area contributed by atoms with Crippen molar-refractivity contribution in [3.05, 3.63) is 36.5 Å². The Morgan fingerprint density at radius 2 is 1.95 bits per heavy atom. The van der Waals surface area contributed by atoms with Gasteiger partial charge in [-0.15, -0.1) is 0 Å². The van der Waals surface area contributed by atoms with Crippen LogP contribution in [0.4, 0.5) is 0 Å². The summed E-state index contributed by atoms with van der Waals surface area (Å²) in [6.45, 7) is 1.89. The van der Waals surface area contributed by atoms with Crippen LogP contribution in [0.15, 0.2) is 36.5 Å². The van der Waals surface area contributed by atoms with Gasteiger partial charge >= 0.3 is 5.97 Å². The molecule has 0 fully saturated rings. The summed E-state index contributed by atoms with van der Waals surface area (Å²) in [5.74, 6) is -0.288. The summed E-state index contributed by atoms with van der Waals surface area (Å²) >= 11 is 0. The van der Waals surface area contributed by atoms with E-state index < -0.39 is 0 Å². The summed E-state index contributed by atoms with van der Waals surface area (Å²) in [4.78, 5) is 11.5.